The van der Waals surface area contributed by atoms with Crippen LogP contribution in [0.4, 0.5) is 11.4 Å². The number of hydrogen-bond donors (Lipinski definition) is 2. The Hall–Kier alpha value is -3.07. The third kappa shape index (κ3) is 4.76. The predicted molar refractivity (Wildman–Crippen MR) is 114 cm³/mol. The third-order valence-electron chi connectivity index (χ3n) is 4.62. The molecule has 3 nitrogen and oxygen atoms in total. The quantitative estimate of drug-likeness (QED) is 0.574. The molecule has 0 radical (unpaired) electrons. The van der Waals surface area contributed by atoms with Crippen LogP contribution in [0.2, 0.25) is 0 Å². The molecule has 2 N–H and O–H groups in total. The molecule has 138 valence electrons. The van der Waals surface area contributed by atoms with Crippen LogP contribution in [0.3, 0.4) is 0 Å². The summed E-state index contributed by atoms with van der Waals surface area (Å²) >= 11 is 0. The number of para-hydroxylation sites is 1. The van der Waals surface area contributed by atoms with Gasteiger partial charge in [-0.15, -0.1) is 0 Å². The van der Waals surface area contributed by atoms with Crippen molar-refractivity contribution in [1.29, 1.82) is 0 Å². The van der Waals surface area contributed by atoms with Crippen LogP contribution in [0.1, 0.15) is 32.3 Å². The van der Waals surface area contributed by atoms with Gasteiger partial charge in [-0.1, -0.05) is 74.5 Å². The third-order valence-corrected chi connectivity index (χ3v) is 4.62. The highest BCUT2D eigenvalue weighted by Crippen LogP contribution is 2.27. The molecule has 1 atom stereocenters. The first-order valence-electron chi connectivity index (χ1n) is 9.36. The smallest absolute Gasteiger partial charge is 0.246 e. The molecule has 27 heavy (non-hydrogen) atoms. The number of rotatable bonds is 6. The molecule has 0 fully saturated rings. The molecule has 0 bridgehead atoms. The van der Waals surface area contributed by atoms with Crippen molar-refractivity contribution in [1.82, 2.24) is 0 Å². The zero-order valence-electron chi connectivity index (χ0n) is 16.1. The highest BCUT2D eigenvalue weighted by Gasteiger charge is 2.15. The fourth-order valence-electron chi connectivity index (χ4n) is 2.98. The summed E-state index contributed by atoms with van der Waals surface area (Å²) in [5.41, 5.74) is 5.14. The van der Waals surface area contributed by atoms with Gasteiger partial charge in [0.1, 0.15) is 6.04 Å². The minimum absolute atomic E-state index is 0.0636. The van der Waals surface area contributed by atoms with Crippen LogP contribution in [-0.2, 0) is 4.79 Å². The topological polar surface area (TPSA) is 41.1 Å². The van der Waals surface area contributed by atoms with E-state index in [1.165, 1.54) is 5.56 Å². The van der Waals surface area contributed by atoms with Gasteiger partial charge in [0, 0.05) is 16.9 Å². The molecular weight excluding hydrogens is 332 g/mol. The lowest BCUT2D eigenvalue weighted by Crippen LogP contribution is -2.32. The monoisotopic (exact) mass is 358 g/mol. The van der Waals surface area contributed by atoms with E-state index in [0.717, 1.165) is 22.5 Å². The van der Waals surface area contributed by atoms with E-state index in [2.05, 4.69) is 36.6 Å². The standard InChI is InChI=1S/C24H26N2O/c1-17(2)19-13-15-21(16-14-19)25-18(3)24(27)26-23-12-8-7-11-22(23)20-9-5-4-6-10-20/h4-18,25H,1-3H3,(H,26,27)/t18-/m1/s1. The summed E-state index contributed by atoms with van der Waals surface area (Å²) in [6, 6.07) is 25.8. The molecule has 3 aromatic carbocycles. The van der Waals surface area contributed by atoms with Crippen molar-refractivity contribution in [2.24, 2.45) is 0 Å². The Morgan fingerprint density at radius 1 is 0.778 bits per heavy atom. The summed E-state index contributed by atoms with van der Waals surface area (Å²) in [4.78, 5) is 12.7. The molecule has 0 saturated heterocycles. The van der Waals surface area contributed by atoms with E-state index in [4.69, 9.17) is 0 Å². The van der Waals surface area contributed by atoms with Crippen LogP contribution < -0.4 is 10.6 Å². The Labute approximate surface area is 161 Å². The molecular formula is C24H26N2O. The fourth-order valence-corrected chi connectivity index (χ4v) is 2.98. The minimum Gasteiger partial charge on any atom is -0.374 e. The van der Waals surface area contributed by atoms with Crippen LogP contribution in [0.5, 0.6) is 0 Å². The second kappa shape index (κ2) is 8.54. The van der Waals surface area contributed by atoms with Crippen LogP contribution in [-0.4, -0.2) is 11.9 Å². The molecule has 0 spiro atoms. The summed E-state index contributed by atoms with van der Waals surface area (Å²) < 4.78 is 0. The zero-order valence-corrected chi connectivity index (χ0v) is 16.1. The summed E-state index contributed by atoms with van der Waals surface area (Å²) in [5, 5.41) is 6.33. The van der Waals surface area contributed by atoms with Crippen molar-refractivity contribution < 1.29 is 4.79 Å². The van der Waals surface area contributed by atoms with Gasteiger partial charge in [0.15, 0.2) is 0 Å². The van der Waals surface area contributed by atoms with Crippen LogP contribution in [0.25, 0.3) is 11.1 Å². The van der Waals surface area contributed by atoms with Gasteiger partial charge in [0.2, 0.25) is 5.91 Å². The maximum atomic E-state index is 12.7. The lowest BCUT2D eigenvalue weighted by Gasteiger charge is -2.17. The van der Waals surface area contributed by atoms with Gasteiger partial charge in [0.25, 0.3) is 0 Å². The van der Waals surface area contributed by atoms with Crippen LogP contribution in [0, 0.1) is 0 Å². The summed E-state index contributed by atoms with van der Waals surface area (Å²) in [6.07, 6.45) is 0. The van der Waals surface area contributed by atoms with E-state index in [0.29, 0.717) is 5.92 Å². The molecule has 0 aromatic heterocycles. The van der Waals surface area contributed by atoms with E-state index >= 15 is 0 Å². The maximum Gasteiger partial charge on any atom is 0.246 e. The second-order valence-electron chi connectivity index (χ2n) is 7.04. The van der Waals surface area contributed by atoms with Crippen molar-refractivity contribution in [2.75, 3.05) is 10.6 Å². The Morgan fingerprint density at radius 2 is 1.41 bits per heavy atom. The SMILES string of the molecule is CC(C)c1ccc(N[C@H](C)C(=O)Nc2ccccc2-c2ccccc2)cc1. The lowest BCUT2D eigenvalue weighted by molar-refractivity contribution is -0.116. The number of carbonyl (C=O) groups excluding carboxylic acids is 1. The summed E-state index contributed by atoms with van der Waals surface area (Å²) in [5.74, 6) is 0.431. The van der Waals surface area contributed by atoms with Crippen LogP contribution in [0.15, 0.2) is 78.9 Å². The molecule has 0 unspecified atom stereocenters. The van der Waals surface area contributed by atoms with E-state index in [1.54, 1.807) is 0 Å². The van der Waals surface area contributed by atoms with Crippen molar-refractivity contribution in [3.8, 4) is 11.1 Å². The van der Waals surface area contributed by atoms with Gasteiger partial charge in [-0.3, -0.25) is 4.79 Å². The van der Waals surface area contributed by atoms with Crippen molar-refractivity contribution in [3.05, 3.63) is 84.4 Å². The average molecular weight is 358 g/mol. The molecule has 1 amide bonds. The number of amides is 1. The first-order chi connectivity index (χ1) is 13.0. The van der Waals surface area contributed by atoms with E-state index in [1.807, 2.05) is 73.7 Å². The summed E-state index contributed by atoms with van der Waals surface area (Å²) in [6.45, 7) is 6.21. The largest absolute Gasteiger partial charge is 0.374 e. The second-order valence-corrected chi connectivity index (χ2v) is 7.04. The molecule has 0 heterocycles. The first-order valence-corrected chi connectivity index (χ1v) is 9.36. The highest BCUT2D eigenvalue weighted by molar-refractivity contribution is 5.99. The number of anilines is 2. The van der Waals surface area contributed by atoms with Gasteiger partial charge >= 0.3 is 0 Å². The van der Waals surface area contributed by atoms with E-state index in [9.17, 15) is 4.79 Å². The van der Waals surface area contributed by atoms with Gasteiger partial charge in [-0.2, -0.15) is 0 Å². The Kier molecular flexibility index (Phi) is 5.92. The molecule has 3 rings (SSSR count). The van der Waals surface area contributed by atoms with Gasteiger partial charge in [-0.25, -0.2) is 0 Å². The molecule has 3 heteroatoms. The Morgan fingerprint density at radius 3 is 2.07 bits per heavy atom. The molecule has 0 saturated carbocycles. The number of nitrogens with one attached hydrogen (secondary N) is 2. The normalized spacial score (nSPS) is 11.9. The zero-order chi connectivity index (χ0) is 19.2. The molecule has 0 aliphatic carbocycles. The maximum absolute atomic E-state index is 12.7. The van der Waals surface area contributed by atoms with Gasteiger partial charge in [0.05, 0.1) is 0 Å². The number of benzene rings is 3. The Balaban J connectivity index is 1.70. The molecule has 0 aliphatic heterocycles. The van der Waals surface area contributed by atoms with Crippen molar-refractivity contribution in [2.45, 2.75) is 32.7 Å². The first kappa shape index (κ1) is 18.7. The molecule has 0 aliphatic rings. The van der Waals surface area contributed by atoms with Crippen molar-refractivity contribution >= 4 is 17.3 Å². The van der Waals surface area contributed by atoms with Gasteiger partial charge in [-0.05, 0) is 42.2 Å². The molecule has 3 aromatic rings. The number of hydrogen-bond acceptors (Lipinski definition) is 2. The highest BCUT2D eigenvalue weighted by atomic mass is 16.2. The average Bonchev–Trinajstić information content (AvgIpc) is 2.69. The lowest BCUT2D eigenvalue weighted by atomic mass is 10.0. The van der Waals surface area contributed by atoms with E-state index < -0.39 is 0 Å². The fraction of sp³-hybridized carbons (Fsp3) is 0.208. The van der Waals surface area contributed by atoms with Crippen molar-refractivity contribution in [3.63, 3.8) is 0 Å². The minimum atomic E-state index is -0.348. The predicted octanol–water partition coefficient (Wildman–Crippen LogP) is 5.92. The van der Waals surface area contributed by atoms with Gasteiger partial charge < -0.3 is 10.6 Å². The number of carbonyl (C=O) groups is 1. The van der Waals surface area contributed by atoms with E-state index in [-0.39, 0.29) is 11.9 Å². The summed E-state index contributed by atoms with van der Waals surface area (Å²) in [7, 11) is 0. The Bertz CT molecular complexity index is 886. The van der Waals surface area contributed by atoms with Crippen LogP contribution >= 0.6 is 0 Å².